The predicted octanol–water partition coefficient (Wildman–Crippen LogP) is 11.0. The fourth-order valence-corrected chi connectivity index (χ4v) is 11.6. The summed E-state index contributed by atoms with van der Waals surface area (Å²) in [6.45, 7) is 13.3. The van der Waals surface area contributed by atoms with Crippen LogP contribution in [-0.2, 0) is 10.2 Å². The first-order valence-electron chi connectivity index (χ1n) is 17.7. The average molecular weight is 632 g/mol. The molecule has 4 aliphatic rings. The van der Waals surface area contributed by atoms with Gasteiger partial charge in [0, 0.05) is 39.7 Å². The number of phenolic OH excluding ortho intramolecular Hbond substituents is 1. The standard InChI is InChI=1S/C42H49NO2S/c1-40(2)25-41(3,4)27-42(26-40)35-13-9-8-12-31(35)39-34-23-38(46-30-10-6-5-7-11-30)32(22-33(34)37(44)24-36(39)42)28-14-16-29(17-15-28)43-18-20-45-21-19-43/h8-9,12-17,22-24,30,44H,5-7,10-11,18-21,25-27H2,1-4H3. The topological polar surface area (TPSA) is 32.7 Å². The van der Waals surface area contributed by atoms with E-state index in [4.69, 9.17) is 4.74 Å². The molecule has 1 spiro atoms. The van der Waals surface area contributed by atoms with Gasteiger partial charge in [-0.3, -0.25) is 0 Å². The lowest BCUT2D eigenvalue weighted by atomic mass is 9.52. The zero-order valence-electron chi connectivity index (χ0n) is 28.1. The van der Waals surface area contributed by atoms with Crippen LogP contribution in [0.5, 0.6) is 5.75 Å². The summed E-state index contributed by atoms with van der Waals surface area (Å²) in [5, 5.41) is 14.8. The van der Waals surface area contributed by atoms with Gasteiger partial charge in [-0.1, -0.05) is 83.4 Å². The van der Waals surface area contributed by atoms with Crippen LogP contribution in [0.25, 0.3) is 33.0 Å². The van der Waals surface area contributed by atoms with Crippen molar-refractivity contribution in [3.05, 3.63) is 77.9 Å². The summed E-state index contributed by atoms with van der Waals surface area (Å²) in [5.74, 6) is 0.419. The van der Waals surface area contributed by atoms with Crippen LogP contribution in [0.1, 0.15) is 90.2 Å². The van der Waals surface area contributed by atoms with Crippen molar-refractivity contribution < 1.29 is 9.84 Å². The molecular formula is C42H49NO2S. The largest absolute Gasteiger partial charge is 0.507 e. The van der Waals surface area contributed by atoms with Crippen molar-refractivity contribution in [3.63, 3.8) is 0 Å². The predicted molar refractivity (Wildman–Crippen MR) is 194 cm³/mol. The molecular weight excluding hydrogens is 583 g/mol. The lowest BCUT2D eigenvalue weighted by Gasteiger charge is -2.51. The molecule has 4 aromatic rings. The number of hydrogen-bond acceptors (Lipinski definition) is 4. The molecule has 1 N–H and O–H groups in total. The number of aromatic hydroxyl groups is 1. The maximum Gasteiger partial charge on any atom is 0.123 e. The molecule has 4 aromatic carbocycles. The van der Waals surface area contributed by atoms with Crippen LogP contribution in [-0.4, -0.2) is 36.7 Å². The number of nitrogens with zero attached hydrogens (tertiary/aromatic N) is 1. The van der Waals surface area contributed by atoms with Crippen LogP contribution in [0.15, 0.2) is 71.6 Å². The minimum Gasteiger partial charge on any atom is -0.507 e. The van der Waals surface area contributed by atoms with Crippen molar-refractivity contribution in [2.24, 2.45) is 10.8 Å². The van der Waals surface area contributed by atoms with Gasteiger partial charge in [-0.2, -0.15) is 0 Å². The average Bonchev–Trinajstić information content (AvgIpc) is 3.28. The Balaban J connectivity index is 1.32. The van der Waals surface area contributed by atoms with E-state index in [0.717, 1.165) is 44.5 Å². The maximum atomic E-state index is 12.0. The molecule has 3 nitrogen and oxygen atoms in total. The molecule has 0 radical (unpaired) electrons. The lowest BCUT2D eigenvalue weighted by Crippen LogP contribution is -2.43. The van der Waals surface area contributed by atoms with Gasteiger partial charge in [-0.25, -0.2) is 0 Å². The molecule has 1 saturated heterocycles. The van der Waals surface area contributed by atoms with E-state index in [0.29, 0.717) is 11.0 Å². The summed E-state index contributed by atoms with van der Waals surface area (Å²) in [7, 11) is 0. The summed E-state index contributed by atoms with van der Waals surface area (Å²) < 4.78 is 5.60. The van der Waals surface area contributed by atoms with Crippen molar-refractivity contribution >= 4 is 28.2 Å². The van der Waals surface area contributed by atoms with E-state index in [9.17, 15) is 5.11 Å². The third-order valence-electron chi connectivity index (χ3n) is 11.4. The van der Waals surface area contributed by atoms with Gasteiger partial charge in [0.15, 0.2) is 0 Å². The highest BCUT2D eigenvalue weighted by atomic mass is 32.2. The Morgan fingerprint density at radius 1 is 0.739 bits per heavy atom. The second-order valence-electron chi connectivity index (χ2n) is 16.2. The van der Waals surface area contributed by atoms with Crippen molar-refractivity contribution in [3.8, 4) is 28.0 Å². The molecule has 4 heteroatoms. The zero-order valence-corrected chi connectivity index (χ0v) is 28.9. The molecule has 46 heavy (non-hydrogen) atoms. The van der Waals surface area contributed by atoms with Gasteiger partial charge in [0.05, 0.1) is 13.2 Å². The molecule has 0 atom stereocenters. The molecule has 0 unspecified atom stereocenters. The van der Waals surface area contributed by atoms with Gasteiger partial charge < -0.3 is 14.7 Å². The monoisotopic (exact) mass is 631 g/mol. The summed E-state index contributed by atoms with van der Waals surface area (Å²) in [5.41, 5.74) is 9.59. The van der Waals surface area contributed by atoms with E-state index < -0.39 is 0 Å². The first kappa shape index (κ1) is 30.4. The van der Waals surface area contributed by atoms with Gasteiger partial charge in [0.1, 0.15) is 5.75 Å². The van der Waals surface area contributed by atoms with E-state index >= 15 is 0 Å². The molecule has 240 valence electrons. The number of anilines is 1. The lowest BCUT2D eigenvalue weighted by molar-refractivity contribution is 0.0645. The summed E-state index contributed by atoms with van der Waals surface area (Å²) in [6.07, 6.45) is 10.0. The third kappa shape index (κ3) is 5.24. The van der Waals surface area contributed by atoms with Gasteiger partial charge in [-0.05, 0) is 112 Å². The zero-order chi connectivity index (χ0) is 31.7. The van der Waals surface area contributed by atoms with Crippen LogP contribution in [0.3, 0.4) is 0 Å². The third-order valence-corrected chi connectivity index (χ3v) is 12.8. The first-order chi connectivity index (χ1) is 22.1. The Labute approximate surface area is 279 Å². The van der Waals surface area contributed by atoms with Crippen molar-refractivity contribution in [2.75, 3.05) is 31.2 Å². The molecule has 0 aromatic heterocycles. The Morgan fingerprint density at radius 2 is 1.43 bits per heavy atom. The minimum atomic E-state index is -0.0898. The van der Waals surface area contributed by atoms with E-state index in [1.54, 1.807) is 0 Å². The smallest absolute Gasteiger partial charge is 0.123 e. The summed E-state index contributed by atoms with van der Waals surface area (Å²) in [4.78, 5) is 3.77. The van der Waals surface area contributed by atoms with Crippen LogP contribution < -0.4 is 4.90 Å². The molecule has 3 aliphatic carbocycles. The number of benzene rings is 4. The molecule has 1 aliphatic heterocycles. The quantitative estimate of drug-likeness (QED) is 0.243. The Morgan fingerprint density at radius 3 is 2.15 bits per heavy atom. The highest BCUT2D eigenvalue weighted by Crippen LogP contribution is 2.65. The molecule has 0 bridgehead atoms. The van der Waals surface area contributed by atoms with E-state index in [2.05, 4.69) is 111 Å². The number of rotatable bonds is 4. The number of thioether (sulfide) groups is 1. The van der Waals surface area contributed by atoms with E-state index in [1.165, 1.54) is 87.9 Å². The van der Waals surface area contributed by atoms with E-state index in [-0.39, 0.29) is 16.2 Å². The Bertz CT molecular complexity index is 1760. The van der Waals surface area contributed by atoms with Crippen LogP contribution in [0.2, 0.25) is 0 Å². The highest BCUT2D eigenvalue weighted by Gasteiger charge is 2.53. The number of phenols is 1. The van der Waals surface area contributed by atoms with Crippen molar-refractivity contribution in [2.45, 2.75) is 94.6 Å². The summed E-state index contributed by atoms with van der Waals surface area (Å²) >= 11 is 2.08. The molecule has 0 amide bonds. The first-order valence-corrected chi connectivity index (χ1v) is 18.5. The normalized spacial score (nSPS) is 21.8. The van der Waals surface area contributed by atoms with Crippen LogP contribution in [0.4, 0.5) is 5.69 Å². The molecule has 1 heterocycles. The maximum absolute atomic E-state index is 12.0. The van der Waals surface area contributed by atoms with Gasteiger partial charge >= 0.3 is 0 Å². The second kappa shape index (κ2) is 11.3. The fourth-order valence-electron chi connectivity index (χ4n) is 10.2. The van der Waals surface area contributed by atoms with Gasteiger partial charge in [0.25, 0.3) is 0 Å². The van der Waals surface area contributed by atoms with Crippen LogP contribution in [0, 0.1) is 10.8 Å². The van der Waals surface area contributed by atoms with Gasteiger partial charge in [0.2, 0.25) is 0 Å². The van der Waals surface area contributed by atoms with Crippen LogP contribution >= 0.6 is 11.8 Å². The second-order valence-corrected chi connectivity index (χ2v) is 17.6. The molecule has 3 fully saturated rings. The van der Waals surface area contributed by atoms with Gasteiger partial charge in [-0.15, -0.1) is 11.8 Å². The number of morpholine rings is 1. The fraction of sp³-hybridized carbons (Fsp3) is 0.476. The Kier molecular flexibility index (Phi) is 7.49. The summed E-state index contributed by atoms with van der Waals surface area (Å²) in [6, 6.07) is 25.2. The molecule has 2 saturated carbocycles. The highest BCUT2D eigenvalue weighted by molar-refractivity contribution is 8.00. The van der Waals surface area contributed by atoms with Crippen molar-refractivity contribution in [1.29, 1.82) is 0 Å². The van der Waals surface area contributed by atoms with Crippen molar-refractivity contribution in [1.82, 2.24) is 0 Å². The Hall–Kier alpha value is -2.95. The number of hydrogen-bond donors (Lipinski definition) is 1. The number of fused-ring (bicyclic) bond motifs is 7. The minimum absolute atomic E-state index is 0.0898. The van der Waals surface area contributed by atoms with E-state index in [1.807, 2.05) is 0 Å². The SMILES string of the molecule is CC1(C)CC(C)(C)CC2(C1)c1ccccc1-c1c2cc(O)c2cc(-c3ccc(N4CCOCC4)cc3)c(SC3CCCCC3)cc12. The molecule has 8 rings (SSSR count). The number of ether oxygens (including phenoxy) is 1.